The molecular formula is C26H22ClFN4O2. The minimum atomic E-state index is -0.605. The number of hydrogen-bond donors (Lipinski definition) is 0. The van der Waals surface area contributed by atoms with E-state index in [-0.39, 0.29) is 11.5 Å². The normalized spacial score (nSPS) is 14.0. The SMILES string of the molecule is Cc1nc2cc(C(=O)N3CCN(C(=O)c4cc(Cl)ccc4F)CC3)ccc2n1-c1ccccc1. The molecule has 1 aliphatic rings. The van der Waals surface area contributed by atoms with Gasteiger partial charge in [-0.05, 0) is 55.5 Å². The van der Waals surface area contributed by atoms with E-state index in [1.54, 1.807) is 9.80 Å². The van der Waals surface area contributed by atoms with Crippen LogP contribution in [0.5, 0.6) is 0 Å². The number of para-hydroxylation sites is 1. The van der Waals surface area contributed by atoms with Crippen molar-refractivity contribution >= 4 is 34.4 Å². The van der Waals surface area contributed by atoms with E-state index in [1.165, 1.54) is 18.2 Å². The first-order valence-electron chi connectivity index (χ1n) is 11.0. The Kier molecular flexibility index (Phi) is 5.79. The van der Waals surface area contributed by atoms with Crippen molar-refractivity contribution in [2.45, 2.75) is 6.92 Å². The highest BCUT2D eigenvalue weighted by molar-refractivity contribution is 6.31. The number of aromatic nitrogens is 2. The van der Waals surface area contributed by atoms with Crippen LogP contribution in [-0.2, 0) is 0 Å². The number of piperazine rings is 1. The van der Waals surface area contributed by atoms with Crippen molar-refractivity contribution in [3.05, 3.63) is 94.5 Å². The Morgan fingerprint density at radius 3 is 2.26 bits per heavy atom. The van der Waals surface area contributed by atoms with Crippen molar-refractivity contribution in [3.8, 4) is 5.69 Å². The molecule has 0 bridgehead atoms. The van der Waals surface area contributed by atoms with E-state index in [0.717, 1.165) is 22.5 Å². The van der Waals surface area contributed by atoms with Crippen LogP contribution in [0.1, 0.15) is 26.5 Å². The molecule has 1 saturated heterocycles. The van der Waals surface area contributed by atoms with E-state index in [9.17, 15) is 14.0 Å². The van der Waals surface area contributed by atoms with E-state index >= 15 is 0 Å². The van der Waals surface area contributed by atoms with Gasteiger partial charge in [-0.3, -0.25) is 14.2 Å². The van der Waals surface area contributed by atoms with E-state index in [2.05, 4.69) is 9.55 Å². The second-order valence-corrected chi connectivity index (χ2v) is 8.68. The minimum absolute atomic E-state index is 0.0536. The van der Waals surface area contributed by atoms with Crippen LogP contribution in [0.4, 0.5) is 4.39 Å². The molecule has 1 aromatic heterocycles. The second-order valence-electron chi connectivity index (χ2n) is 8.24. The van der Waals surface area contributed by atoms with Gasteiger partial charge in [0, 0.05) is 42.5 Å². The lowest BCUT2D eigenvalue weighted by molar-refractivity contribution is 0.0533. The summed E-state index contributed by atoms with van der Waals surface area (Å²) in [5.74, 6) is -0.303. The molecule has 1 fully saturated rings. The van der Waals surface area contributed by atoms with Gasteiger partial charge in [-0.15, -0.1) is 0 Å². The molecule has 5 rings (SSSR count). The van der Waals surface area contributed by atoms with Crippen LogP contribution in [0.25, 0.3) is 16.7 Å². The molecule has 4 aromatic rings. The van der Waals surface area contributed by atoms with Crippen molar-refractivity contribution in [3.63, 3.8) is 0 Å². The highest BCUT2D eigenvalue weighted by Crippen LogP contribution is 2.23. The second kappa shape index (κ2) is 8.91. The summed E-state index contributed by atoms with van der Waals surface area (Å²) in [6, 6.07) is 19.4. The number of rotatable bonds is 3. The van der Waals surface area contributed by atoms with Gasteiger partial charge in [0.25, 0.3) is 11.8 Å². The van der Waals surface area contributed by atoms with Crippen molar-refractivity contribution in [1.82, 2.24) is 19.4 Å². The molecule has 172 valence electrons. The average Bonchev–Trinajstić information content (AvgIpc) is 3.20. The van der Waals surface area contributed by atoms with Gasteiger partial charge in [-0.25, -0.2) is 9.37 Å². The average molecular weight is 477 g/mol. The van der Waals surface area contributed by atoms with Crippen LogP contribution < -0.4 is 0 Å². The van der Waals surface area contributed by atoms with Crippen molar-refractivity contribution in [1.29, 1.82) is 0 Å². The number of aryl methyl sites for hydroxylation is 1. The molecule has 34 heavy (non-hydrogen) atoms. The van der Waals surface area contributed by atoms with E-state index in [0.29, 0.717) is 36.8 Å². The summed E-state index contributed by atoms with van der Waals surface area (Å²) in [5.41, 5.74) is 3.18. The van der Waals surface area contributed by atoms with Gasteiger partial charge in [-0.1, -0.05) is 29.8 Å². The summed E-state index contributed by atoms with van der Waals surface area (Å²) < 4.78 is 16.1. The third-order valence-electron chi connectivity index (χ3n) is 6.10. The van der Waals surface area contributed by atoms with Gasteiger partial charge in [0.15, 0.2) is 0 Å². The number of benzene rings is 3. The zero-order valence-electron chi connectivity index (χ0n) is 18.5. The Morgan fingerprint density at radius 1 is 0.882 bits per heavy atom. The lowest BCUT2D eigenvalue weighted by atomic mass is 10.1. The molecule has 8 heteroatoms. The summed E-state index contributed by atoms with van der Waals surface area (Å²) >= 11 is 5.92. The van der Waals surface area contributed by atoms with Gasteiger partial charge < -0.3 is 9.80 Å². The maximum absolute atomic E-state index is 14.1. The van der Waals surface area contributed by atoms with E-state index in [4.69, 9.17) is 11.6 Å². The lowest BCUT2D eigenvalue weighted by Crippen LogP contribution is -2.50. The number of halogens is 2. The molecule has 2 amide bonds. The first-order chi connectivity index (χ1) is 16.4. The largest absolute Gasteiger partial charge is 0.335 e. The molecule has 0 radical (unpaired) electrons. The van der Waals surface area contributed by atoms with Crippen molar-refractivity contribution < 1.29 is 14.0 Å². The number of nitrogens with zero attached hydrogens (tertiary/aromatic N) is 4. The molecule has 0 aliphatic carbocycles. The molecule has 0 unspecified atom stereocenters. The number of amides is 2. The minimum Gasteiger partial charge on any atom is -0.335 e. The Hall–Kier alpha value is -3.71. The molecule has 0 N–H and O–H groups in total. The monoisotopic (exact) mass is 476 g/mol. The van der Waals surface area contributed by atoms with Gasteiger partial charge in [0.2, 0.25) is 0 Å². The predicted octanol–water partition coefficient (Wildman–Crippen LogP) is 4.72. The summed E-state index contributed by atoms with van der Waals surface area (Å²) in [5, 5.41) is 0.305. The number of carbonyl (C=O) groups is 2. The van der Waals surface area contributed by atoms with Crippen LogP contribution in [-0.4, -0.2) is 57.3 Å². The van der Waals surface area contributed by atoms with E-state index < -0.39 is 11.7 Å². The summed E-state index contributed by atoms with van der Waals surface area (Å²) in [6.45, 7) is 3.30. The predicted molar refractivity (Wildman–Crippen MR) is 129 cm³/mol. The maximum atomic E-state index is 14.1. The third-order valence-corrected chi connectivity index (χ3v) is 6.33. The standard InChI is InChI=1S/C26H22ClFN4O2/c1-17-29-23-15-18(7-10-24(23)32(17)20-5-3-2-4-6-20)25(33)30-11-13-31(14-12-30)26(34)21-16-19(27)8-9-22(21)28/h2-10,15-16H,11-14H2,1H3. The quantitative estimate of drug-likeness (QED) is 0.429. The number of fused-ring (bicyclic) bond motifs is 1. The highest BCUT2D eigenvalue weighted by Gasteiger charge is 2.27. The highest BCUT2D eigenvalue weighted by atomic mass is 35.5. The molecule has 0 spiro atoms. The Balaban J connectivity index is 1.31. The topological polar surface area (TPSA) is 58.4 Å². The smallest absolute Gasteiger partial charge is 0.257 e. The molecule has 0 saturated carbocycles. The molecular weight excluding hydrogens is 455 g/mol. The fraction of sp³-hybridized carbons (Fsp3) is 0.192. The van der Waals surface area contributed by atoms with Crippen LogP contribution in [0.2, 0.25) is 5.02 Å². The van der Waals surface area contributed by atoms with Gasteiger partial charge >= 0.3 is 0 Å². The van der Waals surface area contributed by atoms with Crippen LogP contribution >= 0.6 is 11.6 Å². The zero-order chi connectivity index (χ0) is 23.8. The maximum Gasteiger partial charge on any atom is 0.257 e. The number of imidazole rings is 1. The van der Waals surface area contributed by atoms with Crippen LogP contribution in [0.15, 0.2) is 66.7 Å². The fourth-order valence-electron chi connectivity index (χ4n) is 4.36. The number of carbonyl (C=O) groups excluding carboxylic acids is 2. The number of hydrogen-bond acceptors (Lipinski definition) is 3. The lowest BCUT2D eigenvalue weighted by Gasteiger charge is -2.35. The van der Waals surface area contributed by atoms with Gasteiger partial charge in [0.05, 0.1) is 16.6 Å². The summed E-state index contributed by atoms with van der Waals surface area (Å²) in [4.78, 5) is 33.8. The molecule has 2 heterocycles. The molecule has 1 aliphatic heterocycles. The van der Waals surface area contributed by atoms with Crippen molar-refractivity contribution in [2.24, 2.45) is 0 Å². The van der Waals surface area contributed by atoms with Crippen molar-refractivity contribution in [2.75, 3.05) is 26.2 Å². The molecule has 0 atom stereocenters. The van der Waals surface area contributed by atoms with Gasteiger partial charge in [0.1, 0.15) is 11.6 Å². The summed E-state index contributed by atoms with van der Waals surface area (Å²) in [7, 11) is 0. The Bertz CT molecular complexity index is 1390. The van der Waals surface area contributed by atoms with Crippen LogP contribution in [0, 0.1) is 12.7 Å². The molecule has 6 nitrogen and oxygen atoms in total. The first-order valence-corrected chi connectivity index (χ1v) is 11.4. The van der Waals surface area contributed by atoms with Crippen LogP contribution in [0.3, 0.4) is 0 Å². The molecule has 3 aromatic carbocycles. The fourth-order valence-corrected chi connectivity index (χ4v) is 4.54. The Labute approximate surface area is 201 Å². The van der Waals surface area contributed by atoms with Gasteiger partial charge in [-0.2, -0.15) is 0 Å². The first kappa shape index (κ1) is 22.1. The summed E-state index contributed by atoms with van der Waals surface area (Å²) in [6.07, 6.45) is 0. The third kappa shape index (κ3) is 4.03. The zero-order valence-corrected chi connectivity index (χ0v) is 19.3. The van der Waals surface area contributed by atoms with E-state index in [1.807, 2.05) is 55.5 Å². The Morgan fingerprint density at radius 2 is 1.56 bits per heavy atom.